The van der Waals surface area contributed by atoms with E-state index in [1.54, 1.807) is 0 Å². The number of nitrogens with zero attached hydrogens (tertiary/aromatic N) is 4. The molecule has 0 aliphatic carbocycles. The van der Waals surface area contributed by atoms with Crippen molar-refractivity contribution in [2.45, 2.75) is 12.7 Å². The first-order valence-electron chi connectivity index (χ1n) is 9.09. The maximum absolute atomic E-state index is 12.7. The predicted octanol–water partition coefficient (Wildman–Crippen LogP) is 3.81. The van der Waals surface area contributed by atoms with Gasteiger partial charge in [-0.2, -0.15) is 18.3 Å². The van der Waals surface area contributed by atoms with Gasteiger partial charge < -0.3 is 4.90 Å². The Morgan fingerprint density at radius 1 is 0.929 bits per heavy atom. The van der Waals surface area contributed by atoms with Gasteiger partial charge in [0.1, 0.15) is 5.82 Å². The summed E-state index contributed by atoms with van der Waals surface area (Å²) in [7, 11) is 0. The van der Waals surface area contributed by atoms with Crippen molar-refractivity contribution in [2.24, 2.45) is 0 Å². The number of anilines is 1. The summed E-state index contributed by atoms with van der Waals surface area (Å²) in [6, 6.07) is 12.6. The van der Waals surface area contributed by atoms with Gasteiger partial charge in [-0.05, 0) is 17.7 Å². The lowest BCUT2D eigenvalue weighted by Gasteiger charge is -2.35. The van der Waals surface area contributed by atoms with Crippen LogP contribution in [0.1, 0.15) is 11.1 Å². The summed E-state index contributed by atoms with van der Waals surface area (Å²) in [5, 5.41) is 7.27. The summed E-state index contributed by atoms with van der Waals surface area (Å²) >= 11 is 0. The summed E-state index contributed by atoms with van der Waals surface area (Å²) in [5.74, 6) is 0.584. The number of alkyl halides is 3. The molecule has 1 N–H and O–H groups in total. The fourth-order valence-electron chi connectivity index (χ4n) is 3.40. The highest BCUT2D eigenvalue weighted by Crippen LogP contribution is 2.29. The van der Waals surface area contributed by atoms with Crippen LogP contribution >= 0.6 is 0 Å². The van der Waals surface area contributed by atoms with Crippen LogP contribution in [0, 0.1) is 0 Å². The number of aromatic amines is 1. The molecule has 28 heavy (non-hydrogen) atoms. The van der Waals surface area contributed by atoms with E-state index in [1.165, 1.54) is 6.07 Å². The van der Waals surface area contributed by atoms with Gasteiger partial charge in [0, 0.05) is 44.5 Å². The molecule has 1 fully saturated rings. The number of rotatable bonds is 4. The van der Waals surface area contributed by atoms with Crippen LogP contribution in [0.4, 0.5) is 19.0 Å². The monoisotopic (exact) mass is 387 g/mol. The molecular weight excluding hydrogens is 367 g/mol. The minimum absolute atomic E-state index is 0.584. The minimum Gasteiger partial charge on any atom is -0.354 e. The van der Waals surface area contributed by atoms with Crippen molar-refractivity contribution in [3.05, 3.63) is 66.0 Å². The Balaban J connectivity index is 1.37. The average molecular weight is 387 g/mol. The molecule has 1 aliphatic rings. The number of aromatic nitrogens is 3. The van der Waals surface area contributed by atoms with E-state index in [-0.39, 0.29) is 0 Å². The third-order valence-corrected chi connectivity index (χ3v) is 4.95. The first-order valence-corrected chi connectivity index (χ1v) is 9.09. The van der Waals surface area contributed by atoms with Gasteiger partial charge in [-0.15, -0.1) is 0 Å². The first-order chi connectivity index (χ1) is 13.5. The Morgan fingerprint density at radius 2 is 1.68 bits per heavy atom. The second-order valence-electron chi connectivity index (χ2n) is 6.80. The van der Waals surface area contributed by atoms with Gasteiger partial charge in [-0.1, -0.05) is 30.3 Å². The topological polar surface area (TPSA) is 48.0 Å². The van der Waals surface area contributed by atoms with Crippen LogP contribution in [0.2, 0.25) is 0 Å². The fraction of sp³-hybridized carbons (Fsp3) is 0.300. The molecule has 3 heterocycles. The maximum Gasteiger partial charge on any atom is 0.417 e. The number of hydrogen-bond acceptors (Lipinski definition) is 4. The Kier molecular flexibility index (Phi) is 5.04. The molecule has 0 bridgehead atoms. The highest BCUT2D eigenvalue weighted by atomic mass is 19.4. The van der Waals surface area contributed by atoms with E-state index < -0.39 is 11.7 Å². The molecule has 0 saturated carbocycles. The van der Waals surface area contributed by atoms with Gasteiger partial charge >= 0.3 is 6.18 Å². The highest BCUT2D eigenvalue weighted by Gasteiger charge is 2.31. The van der Waals surface area contributed by atoms with Gasteiger partial charge in [-0.3, -0.25) is 10.00 Å². The van der Waals surface area contributed by atoms with Gasteiger partial charge in [0.15, 0.2) is 0 Å². The molecule has 3 aromatic rings. The van der Waals surface area contributed by atoms with Crippen LogP contribution in [-0.2, 0) is 12.7 Å². The largest absolute Gasteiger partial charge is 0.417 e. The zero-order chi connectivity index (χ0) is 19.6. The molecule has 0 radical (unpaired) electrons. The van der Waals surface area contributed by atoms with Crippen molar-refractivity contribution in [1.29, 1.82) is 0 Å². The molecule has 1 aromatic carbocycles. The molecule has 0 unspecified atom stereocenters. The zero-order valence-corrected chi connectivity index (χ0v) is 15.2. The fourth-order valence-corrected chi connectivity index (χ4v) is 3.40. The summed E-state index contributed by atoms with van der Waals surface area (Å²) in [6.07, 6.45) is -1.60. The molecular formula is C20H20F3N5. The van der Waals surface area contributed by atoms with Crippen molar-refractivity contribution in [3.8, 4) is 11.3 Å². The number of halogens is 3. The Labute approximate surface area is 160 Å². The third-order valence-electron chi connectivity index (χ3n) is 4.95. The lowest BCUT2D eigenvalue weighted by Crippen LogP contribution is -2.46. The quantitative estimate of drug-likeness (QED) is 0.740. The van der Waals surface area contributed by atoms with E-state index >= 15 is 0 Å². The number of pyridine rings is 1. The molecule has 0 spiro atoms. The lowest BCUT2D eigenvalue weighted by molar-refractivity contribution is -0.137. The SMILES string of the molecule is FC(F)(F)c1ccc(N2CCN(Cc3cn[nH]c3-c3ccccc3)CC2)nc1. The third kappa shape index (κ3) is 4.01. The van der Waals surface area contributed by atoms with Gasteiger partial charge in [0.05, 0.1) is 17.5 Å². The van der Waals surface area contributed by atoms with E-state index in [1.807, 2.05) is 41.4 Å². The molecule has 5 nitrogen and oxygen atoms in total. The van der Waals surface area contributed by atoms with Crippen molar-refractivity contribution in [3.63, 3.8) is 0 Å². The molecule has 4 rings (SSSR count). The number of H-pyrrole nitrogens is 1. The van der Waals surface area contributed by atoms with E-state index in [2.05, 4.69) is 20.1 Å². The van der Waals surface area contributed by atoms with Crippen molar-refractivity contribution in [2.75, 3.05) is 31.1 Å². The number of hydrogen-bond donors (Lipinski definition) is 1. The van der Waals surface area contributed by atoms with E-state index in [9.17, 15) is 13.2 Å². The van der Waals surface area contributed by atoms with Crippen LogP contribution in [-0.4, -0.2) is 46.3 Å². The van der Waals surface area contributed by atoms with E-state index in [0.29, 0.717) is 5.82 Å². The highest BCUT2D eigenvalue weighted by molar-refractivity contribution is 5.62. The molecule has 0 amide bonds. The van der Waals surface area contributed by atoms with Crippen molar-refractivity contribution >= 4 is 5.82 Å². The standard InChI is InChI=1S/C20H20F3N5/c21-20(22,23)17-6-7-18(24-13-17)28-10-8-27(9-11-28)14-16-12-25-26-19(16)15-4-2-1-3-5-15/h1-7,12-13H,8-11,14H2,(H,25,26). The van der Waals surface area contributed by atoms with Crippen LogP contribution in [0.3, 0.4) is 0 Å². The lowest BCUT2D eigenvalue weighted by atomic mass is 10.1. The zero-order valence-electron chi connectivity index (χ0n) is 15.2. The Morgan fingerprint density at radius 3 is 2.32 bits per heavy atom. The number of nitrogens with one attached hydrogen (secondary N) is 1. The van der Waals surface area contributed by atoms with Crippen LogP contribution < -0.4 is 4.90 Å². The normalized spacial score (nSPS) is 15.8. The van der Waals surface area contributed by atoms with Crippen molar-refractivity contribution < 1.29 is 13.2 Å². The van der Waals surface area contributed by atoms with E-state index in [4.69, 9.17) is 0 Å². The molecule has 1 saturated heterocycles. The smallest absolute Gasteiger partial charge is 0.354 e. The van der Waals surface area contributed by atoms with Crippen LogP contribution in [0.15, 0.2) is 54.9 Å². The number of benzene rings is 1. The van der Waals surface area contributed by atoms with Gasteiger partial charge in [0.25, 0.3) is 0 Å². The maximum atomic E-state index is 12.7. The second-order valence-corrected chi connectivity index (χ2v) is 6.80. The minimum atomic E-state index is -4.36. The summed E-state index contributed by atoms with van der Waals surface area (Å²) < 4.78 is 38.0. The Bertz CT molecular complexity index is 898. The molecule has 146 valence electrons. The van der Waals surface area contributed by atoms with Crippen LogP contribution in [0.5, 0.6) is 0 Å². The summed E-state index contributed by atoms with van der Waals surface area (Å²) in [6.45, 7) is 3.83. The summed E-state index contributed by atoms with van der Waals surface area (Å²) in [4.78, 5) is 8.33. The predicted molar refractivity (Wildman–Crippen MR) is 101 cm³/mol. The van der Waals surface area contributed by atoms with Crippen molar-refractivity contribution in [1.82, 2.24) is 20.1 Å². The number of piperazine rings is 1. The molecule has 0 atom stereocenters. The summed E-state index contributed by atoms with van der Waals surface area (Å²) in [5.41, 5.74) is 2.53. The van der Waals surface area contributed by atoms with Gasteiger partial charge in [0.2, 0.25) is 0 Å². The first kappa shape index (κ1) is 18.5. The molecule has 2 aromatic heterocycles. The van der Waals surface area contributed by atoms with Crippen LogP contribution in [0.25, 0.3) is 11.3 Å². The molecule has 1 aliphatic heterocycles. The van der Waals surface area contributed by atoms with Gasteiger partial charge in [-0.25, -0.2) is 4.98 Å². The second kappa shape index (κ2) is 7.63. The Hall–Kier alpha value is -2.87. The average Bonchev–Trinajstić information content (AvgIpc) is 3.17. The molecule has 8 heteroatoms. The van der Waals surface area contributed by atoms with E-state index in [0.717, 1.165) is 61.8 Å².